The fraction of sp³-hybridized carbons (Fsp3) is 0.471. The van der Waals surface area contributed by atoms with Crippen LogP contribution in [-0.2, 0) is 10.2 Å². The molecule has 2 amide bonds. The van der Waals surface area contributed by atoms with Crippen molar-refractivity contribution in [1.82, 2.24) is 15.2 Å². The Morgan fingerprint density at radius 3 is 2.68 bits per heavy atom. The Morgan fingerprint density at radius 1 is 1.41 bits per heavy atom. The molecule has 1 saturated heterocycles. The van der Waals surface area contributed by atoms with E-state index in [1.165, 1.54) is 6.08 Å². The molecule has 0 saturated carbocycles. The van der Waals surface area contributed by atoms with Gasteiger partial charge in [0.05, 0.1) is 5.56 Å². The van der Waals surface area contributed by atoms with Crippen molar-refractivity contribution < 1.29 is 9.59 Å². The Kier molecular flexibility index (Phi) is 4.64. The van der Waals surface area contributed by atoms with E-state index in [1.807, 2.05) is 6.07 Å². The predicted molar refractivity (Wildman–Crippen MR) is 85.6 cm³/mol. The number of aromatic nitrogens is 1. The second-order valence-corrected chi connectivity index (χ2v) is 6.63. The molecule has 1 unspecified atom stereocenters. The number of hydrogen-bond acceptors (Lipinski definition) is 3. The number of carbonyl (C=O) groups excluding carboxylic acids is 2. The number of pyridine rings is 1. The number of hydrogen-bond donors (Lipinski definition) is 1. The van der Waals surface area contributed by atoms with E-state index < -0.39 is 0 Å². The zero-order valence-electron chi connectivity index (χ0n) is 13.4. The molecular formula is C17H23N3O2. The summed E-state index contributed by atoms with van der Waals surface area (Å²) in [6.07, 6.45) is 3.68. The lowest BCUT2D eigenvalue weighted by molar-refractivity contribution is -0.125. The summed E-state index contributed by atoms with van der Waals surface area (Å²) in [4.78, 5) is 29.8. The number of nitrogens with zero attached hydrogens (tertiary/aromatic N) is 2. The molecule has 1 atom stereocenters. The number of amides is 2. The molecule has 1 aromatic rings. The molecule has 2 rings (SSSR count). The molecule has 0 aromatic carbocycles. The maximum Gasteiger partial charge on any atom is 0.253 e. The molecule has 5 heteroatoms. The minimum atomic E-state index is -0.147. The molecule has 1 aromatic heterocycles. The summed E-state index contributed by atoms with van der Waals surface area (Å²) in [5.74, 6) is -0.237. The third-order valence-corrected chi connectivity index (χ3v) is 3.80. The minimum Gasteiger partial charge on any atom is -0.347 e. The van der Waals surface area contributed by atoms with Crippen LogP contribution in [0.1, 0.15) is 43.2 Å². The lowest BCUT2D eigenvalue weighted by atomic mass is 9.91. The van der Waals surface area contributed by atoms with Crippen molar-refractivity contribution in [2.45, 2.75) is 38.6 Å². The third kappa shape index (κ3) is 3.72. The molecule has 5 nitrogen and oxygen atoms in total. The minimum absolute atomic E-state index is 0.0151. The second kappa shape index (κ2) is 6.30. The van der Waals surface area contributed by atoms with Crippen LogP contribution in [0.15, 0.2) is 31.0 Å². The van der Waals surface area contributed by atoms with E-state index in [0.717, 1.165) is 12.1 Å². The van der Waals surface area contributed by atoms with Gasteiger partial charge in [0.1, 0.15) is 0 Å². The highest BCUT2D eigenvalue weighted by atomic mass is 16.2. The molecule has 1 aliphatic heterocycles. The van der Waals surface area contributed by atoms with E-state index in [9.17, 15) is 9.59 Å². The van der Waals surface area contributed by atoms with Crippen molar-refractivity contribution >= 4 is 11.8 Å². The number of nitrogens with one attached hydrogen (secondary N) is 1. The van der Waals surface area contributed by atoms with Gasteiger partial charge >= 0.3 is 0 Å². The van der Waals surface area contributed by atoms with E-state index >= 15 is 0 Å². The van der Waals surface area contributed by atoms with Gasteiger partial charge in [0.2, 0.25) is 5.91 Å². The maximum absolute atomic E-state index is 12.2. The molecule has 0 bridgehead atoms. The molecule has 1 fully saturated rings. The van der Waals surface area contributed by atoms with Crippen LogP contribution in [0.2, 0.25) is 0 Å². The molecule has 1 aliphatic rings. The molecule has 1 N–H and O–H groups in total. The lowest BCUT2D eigenvalue weighted by Crippen LogP contribution is -2.38. The second-order valence-electron chi connectivity index (χ2n) is 6.63. The first kappa shape index (κ1) is 16.2. The highest BCUT2D eigenvalue weighted by molar-refractivity contribution is 5.94. The normalized spacial score (nSPS) is 18.1. The fourth-order valence-corrected chi connectivity index (χ4v) is 2.45. The van der Waals surface area contributed by atoms with Gasteiger partial charge in [0, 0.05) is 36.4 Å². The van der Waals surface area contributed by atoms with E-state index in [4.69, 9.17) is 0 Å². The highest BCUT2D eigenvalue weighted by Gasteiger charge is 2.26. The van der Waals surface area contributed by atoms with Crippen molar-refractivity contribution in [3.05, 3.63) is 42.2 Å². The van der Waals surface area contributed by atoms with Gasteiger partial charge in [0.15, 0.2) is 0 Å². The molecule has 118 valence electrons. The first-order chi connectivity index (χ1) is 10.3. The Labute approximate surface area is 131 Å². The summed E-state index contributed by atoms with van der Waals surface area (Å²) in [7, 11) is 0. The number of carbonyl (C=O) groups is 2. The largest absolute Gasteiger partial charge is 0.347 e. The van der Waals surface area contributed by atoms with Crippen molar-refractivity contribution in [1.29, 1.82) is 0 Å². The Balaban J connectivity index is 1.96. The Hall–Kier alpha value is -2.17. The molecule has 0 spiro atoms. The zero-order valence-corrected chi connectivity index (χ0v) is 13.4. The van der Waals surface area contributed by atoms with Gasteiger partial charge in [-0.2, -0.15) is 0 Å². The van der Waals surface area contributed by atoms with Crippen molar-refractivity contribution in [2.75, 3.05) is 13.1 Å². The van der Waals surface area contributed by atoms with Crippen molar-refractivity contribution in [2.24, 2.45) is 0 Å². The first-order valence-corrected chi connectivity index (χ1v) is 7.50. The zero-order chi connectivity index (χ0) is 16.3. The van der Waals surface area contributed by atoms with E-state index in [0.29, 0.717) is 18.7 Å². The molecule has 0 aliphatic carbocycles. The molecule has 0 radical (unpaired) electrons. The fourth-order valence-electron chi connectivity index (χ4n) is 2.45. The standard InChI is InChI=1S/C17H23N3O2/c1-5-15(21)20-9-8-13(11-20)19-16(22)12-6-7-14(18-10-12)17(2,3)4/h5-7,10,13H,1,8-9,11H2,2-4H3,(H,19,22). The van der Waals surface area contributed by atoms with Gasteiger partial charge in [-0.1, -0.05) is 27.4 Å². The van der Waals surface area contributed by atoms with Gasteiger partial charge in [-0.05, 0) is 24.6 Å². The molecule has 22 heavy (non-hydrogen) atoms. The predicted octanol–water partition coefficient (Wildman–Crippen LogP) is 1.90. The Bertz CT molecular complexity index is 573. The van der Waals surface area contributed by atoms with Gasteiger partial charge in [0.25, 0.3) is 5.91 Å². The van der Waals surface area contributed by atoms with Crippen molar-refractivity contribution in [3.8, 4) is 0 Å². The highest BCUT2D eigenvalue weighted by Crippen LogP contribution is 2.19. The van der Waals surface area contributed by atoms with Crippen LogP contribution < -0.4 is 5.32 Å². The van der Waals surface area contributed by atoms with E-state index in [2.05, 4.69) is 37.7 Å². The summed E-state index contributed by atoms with van der Waals surface area (Å²) < 4.78 is 0. The van der Waals surface area contributed by atoms with Crippen LogP contribution in [-0.4, -0.2) is 40.8 Å². The third-order valence-electron chi connectivity index (χ3n) is 3.80. The quantitative estimate of drug-likeness (QED) is 0.867. The van der Waals surface area contributed by atoms with Crippen LogP contribution in [0.4, 0.5) is 0 Å². The monoisotopic (exact) mass is 301 g/mol. The summed E-state index contributed by atoms with van der Waals surface area (Å²) in [5.41, 5.74) is 1.46. The average molecular weight is 301 g/mol. The van der Waals surface area contributed by atoms with Gasteiger partial charge in [-0.3, -0.25) is 14.6 Å². The number of rotatable bonds is 3. The van der Waals surface area contributed by atoms with Crippen LogP contribution in [0.25, 0.3) is 0 Å². The van der Waals surface area contributed by atoms with Gasteiger partial charge < -0.3 is 10.2 Å². The Morgan fingerprint density at radius 2 is 2.14 bits per heavy atom. The van der Waals surface area contributed by atoms with Gasteiger partial charge in [-0.15, -0.1) is 0 Å². The van der Waals surface area contributed by atoms with Crippen LogP contribution in [0.3, 0.4) is 0 Å². The lowest BCUT2D eigenvalue weighted by Gasteiger charge is -2.18. The summed E-state index contributed by atoms with van der Waals surface area (Å²) in [6.45, 7) is 10.9. The SMILES string of the molecule is C=CC(=O)N1CCC(NC(=O)c2ccc(C(C)(C)C)nc2)C1. The van der Waals surface area contributed by atoms with E-state index in [1.54, 1.807) is 17.2 Å². The smallest absolute Gasteiger partial charge is 0.253 e. The summed E-state index contributed by atoms with van der Waals surface area (Å²) in [5, 5.41) is 2.96. The van der Waals surface area contributed by atoms with Crippen LogP contribution >= 0.6 is 0 Å². The van der Waals surface area contributed by atoms with Crippen LogP contribution in [0.5, 0.6) is 0 Å². The topological polar surface area (TPSA) is 62.3 Å². The van der Waals surface area contributed by atoms with E-state index in [-0.39, 0.29) is 23.3 Å². The maximum atomic E-state index is 12.2. The van der Waals surface area contributed by atoms with Gasteiger partial charge in [-0.25, -0.2) is 0 Å². The van der Waals surface area contributed by atoms with Crippen molar-refractivity contribution in [3.63, 3.8) is 0 Å². The number of likely N-dealkylation sites (tertiary alicyclic amines) is 1. The molecular weight excluding hydrogens is 278 g/mol. The summed E-state index contributed by atoms with van der Waals surface area (Å²) >= 11 is 0. The average Bonchev–Trinajstić information content (AvgIpc) is 2.94. The van der Waals surface area contributed by atoms with Crippen LogP contribution in [0, 0.1) is 0 Å². The first-order valence-electron chi connectivity index (χ1n) is 7.50. The summed E-state index contributed by atoms with van der Waals surface area (Å²) in [6, 6.07) is 3.67. The molecule has 2 heterocycles.